The van der Waals surface area contributed by atoms with Crippen LogP contribution < -0.4 is 19.5 Å². The van der Waals surface area contributed by atoms with Crippen molar-refractivity contribution in [3.05, 3.63) is 53.6 Å². The highest BCUT2D eigenvalue weighted by atomic mass is 35.5. The molecule has 1 heterocycles. The zero-order valence-electron chi connectivity index (χ0n) is 15.5. The second-order valence-corrected chi connectivity index (χ2v) is 5.91. The molecule has 0 spiro atoms. The smallest absolute Gasteiger partial charge is 0.203 e. The van der Waals surface area contributed by atoms with Crippen LogP contribution in [0.25, 0.3) is 0 Å². The number of benzene rings is 2. The zero-order valence-corrected chi connectivity index (χ0v) is 16.3. The Hall–Kier alpha value is -2.73. The molecular formula is C20H23ClN2O4. The molecule has 6 nitrogen and oxygen atoms in total. The summed E-state index contributed by atoms with van der Waals surface area (Å²) in [6.07, 6.45) is 0. The van der Waals surface area contributed by atoms with E-state index in [1.165, 1.54) is 21.3 Å². The number of hydrogen-bond acceptors (Lipinski definition) is 6. The van der Waals surface area contributed by atoms with Gasteiger partial charge in [0.1, 0.15) is 5.84 Å². The van der Waals surface area contributed by atoms with Crippen LogP contribution in [0, 0.1) is 5.92 Å². The molecule has 1 N–H and O–H groups in total. The minimum absolute atomic E-state index is 0. The van der Waals surface area contributed by atoms with Crippen molar-refractivity contribution in [2.45, 2.75) is 0 Å². The van der Waals surface area contributed by atoms with E-state index in [1.807, 2.05) is 30.3 Å². The quantitative estimate of drug-likeness (QED) is 0.768. The molecule has 2 aromatic carbocycles. The molecule has 1 unspecified atom stereocenters. The number of methoxy groups -OCH3 is 3. The molecule has 7 heteroatoms. The maximum atomic E-state index is 12.9. The molecule has 2 aromatic rings. The molecule has 0 bridgehead atoms. The van der Waals surface area contributed by atoms with Gasteiger partial charge in [-0.25, -0.2) is 0 Å². The Morgan fingerprint density at radius 2 is 1.67 bits per heavy atom. The molecule has 0 saturated carbocycles. The van der Waals surface area contributed by atoms with Crippen LogP contribution in [-0.2, 0) is 0 Å². The van der Waals surface area contributed by atoms with Crippen molar-refractivity contribution in [1.82, 2.24) is 5.32 Å². The summed E-state index contributed by atoms with van der Waals surface area (Å²) in [6, 6.07) is 13.2. The number of amidine groups is 1. The molecule has 0 fully saturated rings. The van der Waals surface area contributed by atoms with Gasteiger partial charge in [0.15, 0.2) is 17.3 Å². The van der Waals surface area contributed by atoms with Gasteiger partial charge in [0, 0.05) is 17.7 Å². The first kappa shape index (κ1) is 20.6. The van der Waals surface area contributed by atoms with Crippen LogP contribution in [0.3, 0.4) is 0 Å². The van der Waals surface area contributed by atoms with Crippen molar-refractivity contribution >= 4 is 24.0 Å². The van der Waals surface area contributed by atoms with Gasteiger partial charge in [-0.1, -0.05) is 30.3 Å². The molecular weight excluding hydrogens is 368 g/mol. The Labute approximate surface area is 165 Å². The van der Waals surface area contributed by atoms with E-state index >= 15 is 0 Å². The van der Waals surface area contributed by atoms with E-state index in [-0.39, 0.29) is 24.1 Å². The van der Waals surface area contributed by atoms with Crippen LogP contribution in [0.4, 0.5) is 0 Å². The number of carbonyl (C=O) groups excluding carboxylic acids is 1. The third kappa shape index (κ3) is 4.34. The molecule has 1 aliphatic rings. The summed E-state index contributed by atoms with van der Waals surface area (Å²) in [6.45, 7) is 0.968. The molecule has 1 aliphatic heterocycles. The maximum absolute atomic E-state index is 12.9. The van der Waals surface area contributed by atoms with Gasteiger partial charge in [-0.15, -0.1) is 12.4 Å². The van der Waals surface area contributed by atoms with Gasteiger partial charge in [0.25, 0.3) is 0 Å². The minimum atomic E-state index is -0.245. The summed E-state index contributed by atoms with van der Waals surface area (Å²) < 4.78 is 16.0. The highest BCUT2D eigenvalue weighted by Gasteiger charge is 2.26. The summed E-state index contributed by atoms with van der Waals surface area (Å²) in [5, 5.41) is 3.26. The molecule has 0 aromatic heterocycles. The molecule has 0 saturated heterocycles. The van der Waals surface area contributed by atoms with Gasteiger partial charge in [-0.2, -0.15) is 0 Å². The van der Waals surface area contributed by atoms with Crippen LogP contribution in [-0.4, -0.2) is 46.0 Å². The Balaban J connectivity index is 0.00000261. The van der Waals surface area contributed by atoms with Crippen LogP contribution in [0.15, 0.2) is 47.5 Å². The summed E-state index contributed by atoms with van der Waals surface area (Å²) in [5.41, 5.74) is 1.54. The van der Waals surface area contributed by atoms with E-state index in [2.05, 4.69) is 10.3 Å². The zero-order chi connectivity index (χ0) is 18.5. The second kappa shape index (κ2) is 9.28. The van der Waals surface area contributed by atoms with Crippen molar-refractivity contribution < 1.29 is 19.0 Å². The summed E-state index contributed by atoms with van der Waals surface area (Å²) in [5.74, 6) is 1.97. The van der Waals surface area contributed by atoms with E-state index in [4.69, 9.17) is 14.2 Å². The fourth-order valence-corrected chi connectivity index (χ4v) is 2.97. The van der Waals surface area contributed by atoms with E-state index < -0.39 is 0 Å². The van der Waals surface area contributed by atoms with Crippen LogP contribution in [0.2, 0.25) is 0 Å². The maximum Gasteiger partial charge on any atom is 0.203 e. The largest absolute Gasteiger partial charge is 0.493 e. The van der Waals surface area contributed by atoms with Gasteiger partial charge >= 0.3 is 0 Å². The first-order valence-electron chi connectivity index (χ1n) is 8.36. The van der Waals surface area contributed by atoms with Gasteiger partial charge in [0.2, 0.25) is 5.75 Å². The Morgan fingerprint density at radius 1 is 1.04 bits per heavy atom. The number of ether oxygens (including phenoxy) is 3. The van der Waals surface area contributed by atoms with Gasteiger partial charge in [-0.3, -0.25) is 9.79 Å². The predicted molar refractivity (Wildman–Crippen MR) is 107 cm³/mol. The monoisotopic (exact) mass is 390 g/mol. The highest BCUT2D eigenvalue weighted by Crippen LogP contribution is 2.38. The first-order chi connectivity index (χ1) is 12.7. The normalized spacial score (nSPS) is 15.7. The first-order valence-corrected chi connectivity index (χ1v) is 8.36. The highest BCUT2D eigenvalue weighted by molar-refractivity contribution is 6.03. The van der Waals surface area contributed by atoms with E-state index in [1.54, 1.807) is 12.1 Å². The number of aliphatic imine (C=N–C) groups is 1. The number of nitrogens with zero attached hydrogens (tertiary/aromatic N) is 1. The predicted octanol–water partition coefficient (Wildman–Crippen LogP) is 2.98. The number of carbonyl (C=O) groups is 1. The van der Waals surface area contributed by atoms with Crippen LogP contribution in [0.1, 0.15) is 15.9 Å². The Morgan fingerprint density at radius 3 is 2.15 bits per heavy atom. The number of nitrogens with one attached hydrogen (secondary N) is 1. The lowest BCUT2D eigenvalue weighted by Crippen LogP contribution is -2.39. The van der Waals surface area contributed by atoms with Gasteiger partial charge in [0.05, 0.1) is 33.8 Å². The van der Waals surface area contributed by atoms with Crippen molar-refractivity contribution in [1.29, 1.82) is 0 Å². The van der Waals surface area contributed by atoms with Gasteiger partial charge in [-0.05, 0) is 12.1 Å². The van der Waals surface area contributed by atoms with Crippen molar-refractivity contribution in [3.8, 4) is 17.2 Å². The number of rotatable bonds is 6. The van der Waals surface area contributed by atoms with Crippen LogP contribution in [0.5, 0.6) is 17.2 Å². The molecule has 0 aliphatic carbocycles. The number of ketones is 1. The molecule has 3 rings (SSSR count). The van der Waals surface area contributed by atoms with E-state index in [9.17, 15) is 4.79 Å². The van der Waals surface area contributed by atoms with Crippen molar-refractivity contribution in [2.24, 2.45) is 10.9 Å². The molecule has 144 valence electrons. The van der Waals surface area contributed by atoms with E-state index in [0.29, 0.717) is 35.9 Å². The van der Waals surface area contributed by atoms with E-state index in [0.717, 1.165) is 11.4 Å². The Kier molecular flexibility index (Phi) is 7.07. The average molecular weight is 391 g/mol. The fourth-order valence-electron chi connectivity index (χ4n) is 2.97. The topological polar surface area (TPSA) is 69.2 Å². The summed E-state index contributed by atoms with van der Waals surface area (Å²) >= 11 is 0. The minimum Gasteiger partial charge on any atom is -0.493 e. The van der Waals surface area contributed by atoms with Crippen molar-refractivity contribution in [3.63, 3.8) is 0 Å². The standard InChI is InChI=1S/C20H22N2O4.ClH/c1-24-16-9-14(10-17(25-2)19(16)26-3)18(23)15-11-21-20(22-12-15)13-7-5-4-6-8-13;/h4-10,15H,11-12H2,1-3H3,(H,21,22);1H. The lowest BCUT2D eigenvalue weighted by atomic mass is 9.95. The lowest BCUT2D eigenvalue weighted by molar-refractivity contribution is 0.0923. The number of hydrogen-bond donors (Lipinski definition) is 1. The molecule has 0 amide bonds. The van der Waals surface area contributed by atoms with Gasteiger partial charge < -0.3 is 19.5 Å². The Bertz CT molecular complexity index is 799. The molecule has 1 atom stereocenters. The fraction of sp³-hybridized carbons (Fsp3) is 0.300. The SMILES string of the molecule is COc1cc(C(=O)C2CN=C(c3ccccc3)NC2)cc(OC)c1OC.Cl. The molecule has 27 heavy (non-hydrogen) atoms. The summed E-state index contributed by atoms with van der Waals surface area (Å²) in [4.78, 5) is 17.5. The van der Waals surface area contributed by atoms with Crippen LogP contribution >= 0.6 is 12.4 Å². The molecule has 0 radical (unpaired) electrons. The number of Topliss-reactive ketones (excluding diaryl/α,β-unsaturated/α-hetero) is 1. The lowest BCUT2D eigenvalue weighted by Gasteiger charge is -2.23. The summed E-state index contributed by atoms with van der Waals surface area (Å²) in [7, 11) is 4.60. The van der Waals surface area contributed by atoms with Crippen molar-refractivity contribution in [2.75, 3.05) is 34.4 Å². The second-order valence-electron chi connectivity index (χ2n) is 5.91. The third-order valence-corrected chi connectivity index (χ3v) is 4.35. The average Bonchev–Trinajstić information content (AvgIpc) is 2.72. The third-order valence-electron chi connectivity index (χ3n) is 4.35. The number of halogens is 1.